The molecule has 0 unspecified atom stereocenters. The van der Waals surface area contributed by atoms with Crippen molar-refractivity contribution in [2.75, 3.05) is 13.1 Å². The van der Waals surface area contributed by atoms with Crippen LogP contribution in [0, 0.1) is 11.8 Å². The number of nitrogens with one attached hydrogen (secondary N) is 2. The average Bonchev–Trinajstić information content (AvgIpc) is 2.83. The van der Waals surface area contributed by atoms with Crippen LogP contribution in [0.5, 0.6) is 0 Å². The van der Waals surface area contributed by atoms with E-state index in [2.05, 4.69) is 23.6 Å². The van der Waals surface area contributed by atoms with Gasteiger partial charge in [-0.2, -0.15) is 0 Å². The molecule has 0 aromatic heterocycles. The van der Waals surface area contributed by atoms with E-state index < -0.39 is 11.6 Å². The number of hydrogen-bond donors (Lipinski definition) is 2. The lowest BCUT2D eigenvalue weighted by Crippen LogP contribution is -2.55. The monoisotopic (exact) mass is 333 g/mol. The Balaban J connectivity index is 1.57. The zero-order chi connectivity index (χ0) is 17.3. The van der Waals surface area contributed by atoms with Gasteiger partial charge in [0.25, 0.3) is 5.91 Å². The molecule has 0 aromatic carbocycles. The Kier molecular flexibility index (Phi) is 4.65. The number of carbonyl (C=O) groups excluding carboxylic acids is 3. The second kappa shape index (κ2) is 6.57. The van der Waals surface area contributed by atoms with Gasteiger partial charge in [-0.05, 0) is 44.4 Å². The molecule has 2 heterocycles. The summed E-state index contributed by atoms with van der Waals surface area (Å²) in [6.45, 7) is 5.19. The predicted octanol–water partition coefficient (Wildman–Crippen LogP) is 1.96. The number of rotatable bonds is 2. The third-order valence-corrected chi connectivity index (χ3v) is 5.80. The molecule has 2 N–H and O–H groups in total. The first-order valence-electron chi connectivity index (χ1n) is 9.01. The quantitative estimate of drug-likeness (QED) is 0.599. The van der Waals surface area contributed by atoms with Gasteiger partial charge in [-0.15, -0.1) is 0 Å². The fourth-order valence-corrected chi connectivity index (χ4v) is 4.10. The van der Waals surface area contributed by atoms with Crippen molar-refractivity contribution in [3.8, 4) is 0 Å². The number of imide groups is 1. The van der Waals surface area contributed by atoms with E-state index in [1.807, 2.05) is 6.92 Å². The lowest BCUT2D eigenvalue weighted by Gasteiger charge is -2.37. The van der Waals surface area contributed by atoms with Gasteiger partial charge in [0.1, 0.15) is 5.54 Å². The highest BCUT2D eigenvalue weighted by Crippen LogP contribution is 2.30. The van der Waals surface area contributed by atoms with Crippen molar-refractivity contribution in [3.63, 3.8) is 0 Å². The molecule has 4 amide bonds. The fraction of sp³-hybridized carbons (Fsp3) is 0.722. The van der Waals surface area contributed by atoms with Crippen LogP contribution in [-0.2, 0) is 9.59 Å². The fourth-order valence-electron chi connectivity index (χ4n) is 4.10. The molecule has 2 aliphatic heterocycles. The lowest BCUT2D eigenvalue weighted by molar-refractivity contribution is -0.132. The van der Waals surface area contributed by atoms with Crippen LogP contribution in [0.25, 0.3) is 0 Å². The van der Waals surface area contributed by atoms with Gasteiger partial charge in [0.15, 0.2) is 0 Å². The molecule has 1 saturated carbocycles. The van der Waals surface area contributed by atoms with Gasteiger partial charge >= 0.3 is 6.03 Å². The molecule has 6 nitrogen and oxygen atoms in total. The Morgan fingerprint density at radius 1 is 1.17 bits per heavy atom. The summed E-state index contributed by atoms with van der Waals surface area (Å²) in [5.41, 5.74) is -0.00393. The summed E-state index contributed by atoms with van der Waals surface area (Å²) >= 11 is 0. The van der Waals surface area contributed by atoms with E-state index in [9.17, 15) is 14.4 Å². The molecule has 0 bridgehead atoms. The third-order valence-electron chi connectivity index (χ3n) is 5.80. The summed E-state index contributed by atoms with van der Waals surface area (Å²) < 4.78 is 0. The van der Waals surface area contributed by atoms with Crippen LogP contribution < -0.4 is 10.6 Å². The summed E-state index contributed by atoms with van der Waals surface area (Å²) in [7, 11) is 0. The van der Waals surface area contributed by atoms with Gasteiger partial charge in [-0.3, -0.25) is 14.9 Å². The van der Waals surface area contributed by atoms with Crippen molar-refractivity contribution >= 4 is 17.8 Å². The van der Waals surface area contributed by atoms with Crippen molar-refractivity contribution in [1.29, 1.82) is 0 Å². The second-order valence-corrected chi connectivity index (χ2v) is 7.65. The minimum absolute atomic E-state index is 0.0632. The summed E-state index contributed by atoms with van der Waals surface area (Å²) in [5, 5.41) is 5.02. The average molecular weight is 333 g/mol. The predicted molar refractivity (Wildman–Crippen MR) is 90.1 cm³/mol. The minimum atomic E-state index is -0.814. The van der Waals surface area contributed by atoms with Gasteiger partial charge in [0, 0.05) is 18.7 Å². The highest BCUT2D eigenvalue weighted by Gasteiger charge is 2.48. The number of amides is 4. The van der Waals surface area contributed by atoms with Crippen LogP contribution >= 0.6 is 0 Å². The molecule has 24 heavy (non-hydrogen) atoms. The maximum Gasteiger partial charge on any atom is 0.322 e. The SMILES string of the molecule is C/C(=C\C1CCC(C)CC1)C(=O)N1CCC2(CC1)NC(=O)NC2=O. The Morgan fingerprint density at radius 3 is 2.33 bits per heavy atom. The Labute approximate surface area is 143 Å². The largest absolute Gasteiger partial charge is 0.339 e. The maximum absolute atomic E-state index is 12.7. The summed E-state index contributed by atoms with van der Waals surface area (Å²) in [6, 6.07) is -0.428. The highest BCUT2D eigenvalue weighted by atomic mass is 16.2. The molecule has 3 rings (SSSR count). The third kappa shape index (κ3) is 3.32. The molecule has 132 valence electrons. The number of nitrogens with zero attached hydrogens (tertiary/aromatic N) is 1. The molecule has 0 radical (unpaired) electrons. The minimum Gasteiger partial charge on any atom is -0.339 e. The number of carbonyl (C=O) groups is 3. The van der Waals surface area contributed by atoms with Crippen molar-refractivity contribution in [1.82, 2.24) is 15.5 Å². The molecule has 1 spiro atoms. The number of urea groups is 1. The van der Waals surface area contributed by atoms with Gasteiger partial charge in [0.2, 0.25) is 5.91 Å². The molecular weight excluding hydrogens is 306 g/mol. The van der Waals surface area contributed by atoms with Crippen molar-refractivity contribution in [3.05, 3.63) is 11.6 Å². The normalized spacial score (nSPS) is 30.2. The highest BCUT2D eigenvalue weighted by molar-refractivity contribution is 6.07. The van der Waals surface area contributed by atoms with E-state index in [4.69, 9.17) is 0 Å². The van der Waals surface area contributed by atoms with Crippen molar-refractivity contribution < 1.29 is 14.4 Å². The number of hydrogen-bond acceptors (Lipinski definition) is 3. The maximum atomic E-state index is 12.7. The smallest absolute Gasteiger partial charge is 0.322 e. The van der Waals surface area contributed by atoms with E-state index in [0.29, 0.717) is 31.8 Å². The standard InChI is InChI=1S/C18H27N3O3/c1-12-3-5-14(6-4-12)11-13(2)15(22)21-9-7-18(8-10-21)16(23)19-17(24)20-18/h11-12,14H,3-10H2,1-2H3,(H2,19,20,23,24)/b13-11+. The van der Waals surface area contributed by atoms with Gasteiger partial charge < -0.3 is 10.2 Å². The van der Waals surface area contributed by atoms with E-state index >= 15 is 0 Å². The Morgan fingerprint density at radius 2 is 1.79 bits per heavy atom. The van der Waals surface area contributed by atoms with Crippen LogP contribution in [0.4, 0.5) is 4.79 Å². The van der Waals surface area contributed by atoms with Crippen LogP contribution in [0.1, 0.15) is 52.4 Å². The van der Waals surface area contributed by atoms with Gasteiger partial charge in [0.05, 0.1) is 0 Å². The van der Waals surface area contributed by atoms with E-state index in [-0.39, 0.29) is 11.8 Å². The van der Waals surface area contributed by atoms with Gasteiger partial charge in [-0.25, -0.2) is 4.79 Å². The van der Waals surface area contributed by atoms with Crippen LogP contribution in [0.2, 0.25) is 0 Å². The molecule has 3 aliphatic rings. The number of piperidine rings is 1. The lowest BCUT2D eigenvalue weighted by atomic mass is 9.82. The molecule has 0 atom stereocenters. The van der Waals surface area contributed by atoms with Crippen molar-refractivity contribution in [2.45, 2.75) is 57.9 Å². The Bertz CT molecular complexity index is 568. The molecule has 2 saturated heterocycles. The summed E-state index contributed by atoms with van der Waals surface area (Å²) in [4.78, 5) is 37.8. The van der Waals surface area contributed by atoms with Crippen molar-refractivity contribution in [2.24, 2.45) is 11.8 Å². The summed E-state index contributed by atoms with van der Waals surface area (Å²) in [5.74, 6) is 1.12. The van der Waals surface area contributed by atoms with Crippen LogP contribution in [-0.4, -0.2) is 41.4 Å². The van der Waals surface area contributed by atoms with E-state index in [0.717, 1.165) is 11.5 Å². The zero-order valence-electron chi connectivity index (χ0n) is 14.6. The zero-order valence-corrected chi connectivity index (χ0v) is 14.6. The first-order chi connectivity index (χ1) is 11.4. The number of allylic oxidation sites excluding steroid dienone is 1. The van der Waals surface area contributed by atoms with E-state index in [1.165, 1.54) is 25.7 Å². The molecule has 3 fully saturated rings. The number of likely N-dealkylation sites (tertiary alicyclic amines) is 1. The second-order valence-electron chi connectivity index (χ2n) is 7.65. The van der Waals surface area contributed by atoms with Crippen LogP contribution in [0.3, 0.4) is 0 Å². The Hall–Kier alpha value is -1.85. The van der Waals surface area contributed by atoms with Crippen LogP contribution in [0.15, 0.2) is 11.6 Å². The topological polar surface area (TPSA) is 78.5 Å². The summed E-state index contributed by atoms with van der Waals surface area (Å²) in [6.07, 6.45) is 7.91. The van der Waals surface area contributed by atoms with Gasteiger partial charge in [-0.1, -0.05) is 25.8 Å². The first-order valence-corrected chi connectivity index (χ1v) is 9.01. The molecule has 6 heteroatoms. The molecular formula is C18H27N3O3. The van der Waals surface area contributed by atoms with E-state index in [1.54, 1.807) is 4.90 Å². The molecule has 0 aromatic rings. The molecule has 1 aliphatic carbocycles. The first kappa shape index (κ1) is 17.0.